The van der Waals surface area contributed by atoms with Gasteiger partial charge in [-0.2, -0.15) is 5.10 Å². The molecule has 6 nitrogen and oxygen atoms in total. The number of aromatic nitrogens is 2. The minimum absolute atomic E-state index is 0.305. The lowest BCUT2D eigenvalue weighted by atomic mass is 10.1. The van der Waals surface area contributed by atoms with E-state index in [2.05, 4.69) is 18.9 Å². The molecule has 0 aliphatic rings. The van der Waals surface area contributed by atoms with E-state index < -0.39 is 11.5 Å². The van der Waals surface area contributed by atoms with E-state index in [4.69, 9.17) is 9.84 Å². The third-order valence-electron chi connectivity index (χ3n) is 3.01. The number of aromatic carboxylic acids is 1. The van der Waals surface area contributed by atoms with Gasteiger partial charge in [0.25, 0.3) is 5.56 Å². The minimum atomic E-state index is -1.27. The molecule has 22 heavy (non-hydrogen) atoms. The highest BCUT2D eigenvalue weighted by atomic mass is 16.5. The van der Waals surface area contributed by atoms with Gasteiger partial charge >= 0.3 is 5.97 Å². The summed E-state index contributed by atoms with van der Waals surface area (Å²) >= 11 is 0. The first-order valence-electron chi connectivity index (χ1n) is 6.93. The summed E-state index contributed by atoms with van der Waals surface area (Å²) in [5.41, 5.74) is 0.165. The fourth-order valence-electron chi connectivity index (χ4n) is 1.91. The Bertz CT molecular complexity index is 750. The average Bonchev–Trinajstić information content (AvgIpc) is 2.47. The second-order valence-corrected chi connectivity index (χ2v) is 5.41. The molecular formula is C16H18N2O4. The molecule has 0 atom stereocenters. The summed E-state index contributed by atoms with van der Waals surface area (Å²) in [6.07, 6.45) is 0. The van der Waals surface area contributed by atoms with Crippen LogP contribution in [0.4, 0.5) is 0 Å². The largest absolute Gasteiger partial charge is 0.493 e. The van der Waals surface area contributed by atoms with Crippen LogP contribution in [0.2, 0.25) is 0 Å². The average molecular weight is 302 g/mol. The highest BCUT2D eigenvalue weighted by Gasteiger charge is 2.14. The van der Waals surface area contributed by atoms with Crippen LogP contribution in [0.25, 0.3) is 11.3 Å². The number of ether oxygens (including phenoxy) is 1. The number of hydrogen-bond acceptors (Lipinski definition) is 4. The van der Waals surface area contributed by atoms with E-state index in [9.17, 15) is 9.59 Å². The molecule has 1 aromatic carbocycles. The minimum Gasteiger partial charge on any atom is -0.493 e. The Morgan fingerprint density at radius 3 is 2.73 bits per heavy atom. The lowest BCUT2D eigenvalue weighted by Gasteiger charge is -2.10. The Kier molecular flexibility index (Phi) is 4.60. The Morgan fingerprint density at radius 1 is 1.36 bits per heavy atom. The maximum Gasteiger partial charge on any atom is 0.341 e. The van der Waals surface area contributed by atoms with E-state index in [1.165, 1.54) is 13.1 Å². The van der Waals surface area contributed by atoms with Gasteiger partial charge in [0.05, 0.1) is 12.3 Å². The van der Waals surface area contributed by atoms with Crippen molar-refractivity contribution >= 4 is 5.97 Å². The van der Waals surface area contributed by atoms with Crippen molar-refractivity contribution in [3.05, 3.63) is 46.2 Å². The summed E-state index contributed by atoms with van der Waals surface area (Å²) in [4.78, 5) is 22.9. The van der Waals surface area contributed by atoms with Crippen LogP contribution in [-0.2, 0) is 7.05 Å². The van der Waals surface area contributed by atoms with Crippen LogP contribution < -0.4 is 10.3 Å². The van der Waals surface area contributed by atoms with Crippen LogP contribution in [0, 0.1) is 5.92 Å². The standard InChI is InChI=1S/C16H18N2O4/c1-10(2)9-22-12-6-4-5-11(7-12)14-8-13(16(20)21)15(19)18(3)17-14/h4-8,10H,9H2,1-3H3,(H,20,21). The lowest BCUT2D eigenvalue weighted by molar-refractivity contribution is 0.0694. The first-order chi connectivity index (χ1) is 10.4. The van der Waals surface area contributed by atoms with Gasteiger partial charge in [-0.15, -0.1) is 0 Å². The number of carbonyl (C=O) groups is 1. The van der Waals surface area contributed by atoms with Crippen molar-refractivity contribution in [3.63, 3.8) is 0 Å². The van der Waals surface area contributed by atoms with Crippen molar-refractivity contribution in [3.8, 4) is 17.0 Å². The van der Waals surface area contributed by atoms with Crippen molar-refractivity contribution in [2.75, 3.05) is 6.61 Å². The van der Waals surface area contributed by atoms with Crippen LogP contribution in [-0.4, -0.2) is 27.5 Å². The molecule has 2 rings (SSSR count). The van der Waals surface area contributed by atoms with Gasteiger partial charge in [0.2, 0.25) is 0 Å². The van der Waals surface area contributed by atoms with Gasteiger partial charge in [-0.25, -0.2) is 9.48 Å². The number of benzene rings is 1. The normalized spacial score (nSPS) is 10.7. The SMILES string of the molecule is CC(C)COc1cccc(-c2cc(C(=O)O)c(=O)n(C)n2)c1. The zero-order valence-electron chi connectivity index (χ0n) is 12.7. The molecule has 2 aromatic rings. The number of nitrogens with zero attached hydrogens (tertiary/aromatic N) is 2. The predicted molar refractivity (Wildman–Crippen MR) is 82.2 cm³/mol. The molecule has 116 valence electrons. The molecule has 6 heteroatoms. The van der Waals surface area contributed by atoms with Crippen molar-refractivity contribution in [2.24, 2.45) is 13.0 Å². The number of aryl methyl sites for hydroxylation is 1. The fraction of sp³-hybridized carbons (Fsp3) is 0.312. The number of carboxylic acid groups (broad SMARTS) is 1. The monoisotopic (exact) mass is 302 g/mol. The molecule has 0 amide bonds. The molecule has 1 heterocycles. The van der Waals surface area contributed by atoms with E-state index in [1.807, 2.05) is 6.07 Å². The number of rotatable bonds is 5. The summed E-state index contributed by atoms with van der Waals surface area (Å²) in [7, 11) is 1.43. The van der Waals surface area contributed by atoms with Crippen LogP contribution in [0.15, 0.2) is 35.1 Å². The van der Waals surface area contributed by atoms with Crippen molar-refractivity contribution in [1.29, 1.82) is 0 Å². The van der Waals surface area contributed by atoms with Gasteiger partial charge in [-0.3, -0.25) is 4.79 Å². The Hall–Kier alpha value is -2.63. The van der Waals surface area contributed by atoms with Gasteiger partial charge in [0.1, 0.15) is 11.3 Å². The maximum atomic E-state index is 11.7. The molecular weight excluding hydrogens is 284 g/mol. The molecule has 1 N–H and O–H groups in total. The highest BCUT2D eigenvalue weighted by molar-refractivity contribution is 5.88. The Labute approximate surface area is 128 Å². The summed E-state index contributed by atoms with van der Waals surface area (Å²) in [5.74, 6) is -0.187. The van der Waals surface area contributed by atoms with E-state index in [1.54, 1.807) is 18.2 Å². The van der Waals surface area contributed by atoms with Gasteiger partial charge in [-0.1, -0.05) is 26.0 Å². The Morgan fingerprint density at radius 2 is 2.09 bits per heavy atom. The fourth-order valence-corrected chi connectivity index (χ4v) is 1.91. The maximum absolute atomic E-state index is 11.7. The Balaban J connectivity index is 2.42. The zero-order valence-corrected chi connectivity index (χ0v) is 12.7. The summed E-state index contributed by atoms with van der Waals surface area (Å²) in [5, 5.41) is 13.2. The summed E-state index contributed by atoms with van der Waals surface area (Å²) in [6, 6.07) is 8.48. The van der Waals surface area contributed by atoms with Crippen LogP contribution in [0.1, 0.15) is 24.2 Å². The van der Waals surface area contributed by atoms with Gasteiger partial charge < -0.3 is 9.84 Å². The molecule has 0 bridgehead atoms. The van der Waals surface area contributed by atoms with E-state index >= 15 is 0 Å². The quantitative estimate of drug-likeness (QED) is 0.915. The second-order valence-electron chi connectivity index (χ2n) is 5.41. The van der Waals surface area contributed by atoms with Crippen molar-refractivity contribution < 1.29 is 14.6 Å². The molecule has 0 saturated heterocycles. The van der Waals surface area contributed by atoms with Crippen LogP contribution in [0.3, 0.4) is 0 Å². The van der Waals surface area contributed by atoms with Crippen molar-refractivity contribution in [1.82, 2.24) is 9.78 Å². The first kappa shape index (κ1) is 15.8. The molecule has 0 aliphatic heterocycles. The van der Waals surface area contributed by atoms with Crippen LogP contribution in [0.5, 0.6) is 5.75 Å². The molecule has 0 radical (unpaired) electrons. The second kappa shape index (κ2) is 6.43. The topological polar surface area (TPSA) is 81.4 Å². The van der Waals surface area contributed by atoms with Gasteiger partial charge in [-0.05, 0) is 24.1 Å². The zero-order chi connectivity index (χ0) is 16.3. The van der Waals surface area contributed by atoms with Gasteiger partial charge in [0, 0.05) is 12.6 Å². The third-order valence-corrected chi connectivity index (χ3v) is 3.01. The van der Waals surface area contributed by atoms with Crippen LogP contribution >= 0.6 is 0 Å². The third kappa shape index (κ3) is 3.52. The smallest absolute Gasteiger partial charge is 0.341 e. The van der Waals surface area contributed by atoms with E-state index in [-0.39, 0.29) is 5.56 Å². The summed E-state index contributed by atoms with van der Waals surface area (Å²) < 4.78 is 6.68. The van der Waals surface area contributed by atoms with Gasteiger partial charge in [0.15, 0.2) is 0 Å². The van der Waals surface area contributed by atoms with Crippen molar-refractivity contribution in [2.45, 2.75) is 13.8 Å². The number of carboxylic acids is 1. The molecule has 1 aromatic heterocycles. The molecule has 0 spiro atoms. The summed E-state index contributed by atoms with van der Waals surface area (Å²) in [6.45, 7) is 4.69. The molecule has 0 fully saturated rings. The van der Waals surface area contributed by atoms with E-state index in [0.717, 1.165) is 4.68 Å². The molecule has 0 saturated carbocycles. The highest BCUT2D eigenvalue weighted by Crippen LogP contribution is 2.22. The number of hydrogen-bond donors (Lipinski definition) is 1. The molecule has 0 unspecified atom stereocenters. The predicted octanol–water partition coefficient (Wildman–Crippen LogP) is 2.18. The molecule has 0 aliphatic carbocycles. The lowest BCUT2D eigenvalue weighted by Crippen LogP contribution is -2.26. The first-order valence-corrected chi connectivity index (χ1v) is 6.93. The van der Waals surface area contributed by atoms with E-state index in [0.29, 0.717) is 29.5 Å².